The summed E-state index contributed by atoms with van der Waals surface area (Å²) in [7, 11) is 0. The highest BCUT2D eigenvalue weighted by molar-refractivity contribution is 5.23. The van der Waals surface area contributed by atoms with E-state index in [0.717, 1.165) is 12.5 Å². The van der Waals surface area contributed by atoms with Crippen LogP contribution in [0, 0.1) is 12.8 Å². The lowest BCUT2D eigenvalue weighted by molar-refractivity contribution is -0.0123. The molecular weight excluding hydrogens is 172 g/mol. The fourth-order valence-corrected chi connectivity index (χ4v) is 1.93. The van der Waals surface area contributed by atoms with E-state index in [0.29, 0.717) is 6.10 Å². The van der Waals surface area contributed by atoms with Crippen LogP contribution in [0.15, 0.2) is 24.3 Å². The SMILES string of the molecule is Cc1ccc([C@@H]2CC[C@@H](C)CO2)cc1. The van der Waals surface area contributed by atoms with Crippen molar-refractivity contribution in [3.63, 3.8) is 0 Å². The fourth-order valence-electron chi connectivity index (χ4n) is 1.93. The smallest absolute Gasteiger partial charge is 0.0825 e. The van der Waals surface area contributed by atoms with Gasteiger partial charge >= 0.3 is 0 Å². The summed E-state index contributed by atoms with van der Waals surface area (Å²) in [6.45, 7) is 5.29. The average Bonchev–Trinajstić information content (AvgIpc) is 2.21. The number of ether oxygens (including phenoxy) is 1. The van der Waals surface area contributed by atoms with E-state index in [9.17, 15) is 0 Å². The standard InChI is InChI=1S/C13H18O/c1-10-3-6-12(7-4-10)13-8-5-11(2)9-14-13/h3-4,6-7,11,13H,5,8-9H2,1-2H3/t11-,13+/m1/s1. The van der Waals surface area contributed by atoms with Crippen molar-refractivity contribution < 1.29 is 4.74 Å². The first-order valence-electron chi connectivity index (χ1n) is 5.44. The van der Waals surface area contributed by atoms with E-state index in [4.69, 9.17) is 4.74 Å². The predicted molar refractivity (Wildman–Crippen MR) is 58.3 cm³/mol. The van der Waals surface area contributed by atoms with Crippen LogP contribution in [0.3, 0.4) is 0 Å². The fraction of sp³-hybridized carbons (Fsp3) is 0.538. The normalized spacial score (nSPS) is 27.6. The van der Waals surface area contributed by atoms with Gasteiger partial charge in [0, 0.05) is 6.61 Å². The molecule has 0 aliphatic carbocycles. The number of rotatable bonds is 1. The molecule has 1 aliphatic heterocycles. The Hall–Kier alpha value is -0.820. The quantitative estimate of drug-likeness (QED) is 0.658. The molecular formula is C13H18O. The second-order valence-electron chi connectivity index (χ2n) is 4.42. The van der Waals surface area contributed by atoms with E-state index in [2.05, 4.69) is 38.1 Å². The number of hydrogen-bond acceptors (Lipinski definition) is 1. The van der Waals surface area contributed by atoms with Crippen LogP contribution in [-0.2, 0) is 4.74 Å². The summed E-state index contributed by atoms with van der Waals surface area (Å²) in [6, 6.07) is 8.71. The molecule has 1 aromatic rings. The molecule has 1 nitrogen and oxygen atoms in total. The van der Waals surface area contributed by atoms with Gasteiger partial charge in [0.15, 0.2) is 0 Å². The van der Waals surface area contributed by atoms with Gasteiger partial charge in [-0.25, -0.2) is 0 Å². The van der Waals surface area contributed by atoms with Crippen molar-refractivity contribution in [2.24, 2.45) is 5.92 Å². The van der Waals surface area contributed by atoms with Crippen LogP contribution in [0.2, 0.25) is 0 Å². The molecule has 1 aromatic carbocycles. The van der Waals surface area contributed by atoms with Crippen molar-refractivity contribution in [3.8, 4) is 0 Å². The molecule has 2 rings (SSSR count). The van der Waals surface area contributed by atoms with E-state index < -0.39 is 0 Å². The molecule has 2 atom stereocenters. The van der Waals surface area contributed by atoms with Crippen LogP contribution in [0.4, 0.5) is 0 Å². The van der Waals surface area contributed by atoms with Gasteiger partial charge in [-0.1, -0.05) is 36.8 Å². The van der Waals surface area contributed by atoms with Gasteiger partial charge in [-0.15, -0.1) is 0 Å². The Morgan fingerprint density at radius 2 is 1.86 bits per heavy atom. The van der Waals surface area contributed by atoms with Gasteiger partial charge in [-0.3, -0.25) is 0 Å². The summed E-state index contributed by atoms with van der Waals surface area (Å²) in [5.74, 6) is 0.733. The zero-order valence-electron chi connectivity index (χ0n) is 8.99. The van der Waals surface area contributed by atoms with Crippen LogP contribution < -0.4 is 0 Å². The molecule has 0 spiro atoms. The summed E-state index contributed by atoms with van der Waals surface area (Å²) >= 11 is 0. The number of benzene rings is 1. The molecule has 0 bridgehead atoms. The second-order valence-corrected chi connectivity index (χ2v) is 4.42. The van der Waals surface area contributed by atoms with Crippen LogP contribution >= 0.6 is 0 Å². The van der Waals surface area contributed by atoms with E-state index >= 15 is 0 Å². The lowest BCUT2D eigenvalue weighted by Crippen LogP contribution is -2.18. The van der Waals surface area contributed by atoms with Crippen molar-refractivity contribution >= 4 is 0 Å². The number of aryl methyl sites for hydroxylation is 1. The molecule has 76 valence electrons. The van der Waals surface area contributed by atoms with Gasteiger partial charge in [0.25, 0.3) is 0 Å². The highest BCUT2D eigenvalue weighted by Gasteiger charge is 2.19. The first-order chi connectivity index (χ1) is 6.75. The predicted octanol–water partition coefficient (Wildman–Crippen LogP) is 3.48. The second kappa shape index (κ2) is 4.14. The first-order valence-corrected chi connectivity index (χ1v) is 5.44. The lowest BCUT2D eigenvalue weighted by Gasteiger charge is -2.27. The molecule has 1 fully saturated rings. The monoisotopic (exact) mass is 190 g/mol. The van der Waals surface area contributed by atoms with Gasteiger partial charge in [0.2, 0.25) is 0 Å². The molecule has 1 heterocycles. The van der Waals surface area contributed by atoms with E-state index in [1.165, 1.54) is 24.0 Å². The molecule has 1 saturated heterocycles. The minimum absolute atomic E-state index is 0.340. The summed E-state index contributed by atoms with van der Waals surface area (Å²) in [6.07, 6.45) is 2.80. The van der Waals surface area contributed by atoms with Crippen molar-refractivity contribution in [3.05, 3.63) is 35.4 Å². The van der Waals surface area contributed by atoms with Crippen LogP contribution in [0.25, 0.3) is 0 Å². The molecule has 1 aliphatic rings. The van der Waals surface area contributed by atoms with Crippen molar-refractivity contribution in [1.29, 1.82) is 0 Å². The molecule has 0 radical (unpaired) electrons. The third-order valence-corrected chi connectivity index (χ3v) is 2.95. The van der Waals surface area contributed by atoms with Crippen molar-refractivity contribution in [2.75, 3.05) is 6.61 Å². The number of hydrogen-bond donors (Lipinski definition) is 0. The van der Waals surface area contributed by atoms with E-state index in [1.54, 1.807) is 0 Å². The van der Waals surface area contributed by atoms with E-state index in [1.807, 2.05) is 0 Å². The van der Waals surface area contributed by atoms with E-state index in [-0.39, 0.29) is 0 Å². The molecule has 0 aromatic heterocycles. The van der Waals surface area contributed by atoms with Gasteiger partial charge in [-0.05, 0) is 31.2 Å². The summed E-state index contributed by atoms with van der Waals surface area (Å²) < 4.78 is 5.82. The Morgan fingerprint density at radius 1 is 1.14 bits per heavy atom. The Bertz CT molecular complexity index is 281. The lowest BCUT2D eigenvalue weighted by atomic mass is 9.95. The van der Waals surface area contributed by atoms with Gasteiger partial charge in [0.1, 0.15) is 0 Å². The highest BCUT2D eigenvalue weighted by Crippen LogP contribution is 2.30. The largest absolute Gasteiger partial charge is 0.373 e. The third-order valence-electron chi connectivity index (χ3n) is 2.95. The maximum absolute atomic E-state index is 5.82. The minimum Gasteiger partial charge on any atom is -0.373 e. The summed E-state index contributed by atoms with van der Waals surface area (Å²) in [5.41, 5.74) is 2.65. The minimum atomic E-state index is 0.340. The topological polar surface area (TPSA) is 9.23 Å². The highest BCUT2D eigenvalue weighted by atomic mass is 16.5. The summed E-state index contributed by atoms with van der Waals surface area (Å²) in [5, 5.41) is 0. The maximum Gasteiger partial charge on any atom is 0.0825 e. The molecule has 0 amide bonds. The summed E-state index contributed by atoms with van der Waals surface area (Å²) in [4.78, 5) is 0. The molecule has 14 heavy (non-hydrogen) atoms. The third kappa shape index (κ3) is 2.16. The van der Waals surface area contributed by atoms with Crippen LogP contribution in [0.5, 0.6) is 0 Å². The maximum atomic E-state index is 5.82. The Morgan fingerprint density at radius 3 is 2.43 bits per heavy atom. The Kier molecular flexibility index (Phi) is 2.87. The zero-order valence-corrected chi connectivity index (χ0v) is 8.99. The Labute approximate surface area is 86.1 Å². The van der Waals surface area contributed by atoms with Crippen molar-refractivity contribution in [2.45, 2.75) is 32.8 Å². The molecule has 1 heteroatoms. The average molecular weight is 190 g/mol. The van der Waals surface area contributed by atoms with Crippen LogP contribution in [0.1, 0.15) is 37.0 Å². The molecule has 0 N–H and O–H groups in total. The van der Waals surface area contributed by atoms with Gasteiger partial charge in [-0.2, -0.15) is 0 Å². The van der Waals surface area contributed by atoms with Gasteiger partial charge < -0.3 is 4.74 Å². The molecule has 0 saturated carbocycles. The van der Waals surface area contributed by atoms with Crippen molar-refractivity contribution in [1.82, 2.24) is 0 Å². The first kappa shape index (κ1) is 9.72. The van der Waals surface area contributed by atoms with Gasteiger partial charge in [0.05, 0.1) is 6.10 Å². The molecule has 0 unspecified atom stereocenters. The van der Waals surface area contributed by atoms with Crippen LogP contribution in [-0.4, -0.2) is 6.61 Å². The zero-order chi connectivity index (χ0) is 9.97. The Balaban J connectivity index is 2.05.